The Labute approximate surface area is 166 Å². The van der Waals surface area contributed by atoms with E-state index in [0.717, 1.165) is 33.6 Å². The molecule has 5 rings (SSSR count). The van der Waals surface area contributed by atoms with Gasteiger partial charge in [0.2, 0.25) is 0 Å². The van der Waals surface area contributed by atoms with E-state index in [-0.39, 0.29) is 0 Å². The highest BCUT2D eigenvalue weighted by molar-refractivity contribution is 7.17. The van der Waals surface area contributed by atoms with Crippen LogP contribution in [0.4, 0.5) is 11.4 Å². The van der Waals surface area contributed by atoms with Gasteiger partial charge in [-0.3, -0.25) is 4.98 Å². The summed E-state index contributed by atoms with van der Waals surface area (Å²) >= 11 is 1.72. The van der Waals surface area contributed by atoms with Crippen LogP contribution in [0.15, 0.2) is 66.4 Å². The van der Waals surface area contributed by atoms with E-state index in [0.29, 0.717) is 5.56 Å². The van der Waals surface area contributed by atoms with Crippen molar-refractivity contribution in [3.05, 3.63) is 77.6 Å². The third kappa shape index (κ3) is 2.63. The molecule has 5 heteroatoms. The molecular weight excluding hydrogens is 364 g/mol. The molecule has 0 atom stereocenters. The fourth-order valence-corrected chi connectivity index (χ4v) is 4.36. The van der Waals surface area contributed by atoms with Gasteiger partial charge in [0, 0.05) is 45.4 Å². The Balaban J connectivity index is 1.67. The zero-order chi connectivity index (χ0) is 19.1. The summed E-state index contributed by atoms with van der Waals surface area (Å²) in [4.78, 5) is 7.54. The molecule has 2 N–H and O–H groups in total. The maximum atomic E-state index is 9.68. The van der Waals surface area contributed by atoms with Crippen LogP contribution >= 0.6 is 11.3 Å². The molecule has 0 saturated carbocycles. The average molecular weight is 380 g/mol. The summed E-state index contributed by atoms with van der Waals surface area (Å²) in [5.74, 6) is 0. The Morgan fingerprint density at radius 3 is 2.93 bits per heavy atom. The standard InChI is InChI=1S/C23H16N4S/c1-14-18-6-8-26-21(18)4-3-20(14)27-23-17(11-24)12-25-13-19(23)15-2-5-22-16(10-15)7-9-28-22/h2-10,12-13,26H,1H3,(H,25,27). The molecule has 5 aromatic rings. The Morgan fingerprint density at radius 2 is 2.04 bits per heavy atom. The quantitative estimate of drug-likeness (QED) is 0.382. The highest BCUT2D eigenvalue weighted by Gasteiger charge is 2.14. The van der Waals surface area contributed by atoms with Crippen molar-refractivity contribution in [2.45, 2.75) is 6.92 Å². The minimum Gasteiger partial charge on any atom is -0.361 e. The molecule has 0 aliphatic rings. The predicted molar refractivity (Wildman–Crippen MR) is 116 cm³/mol. The average Bonchev–Trinajstić information content (AvgIpc) is 3.39. The maximum absolute atomic E-state index is 9.68. The van der Waals surface area contributed by atoms with Crippen molar-refractivity contribution in [1.29, 1.82) is 5.26 Å². The second-order valence-electron chi connectivity index (χ2n) is 6.70. The van der Waals surface area contributed by atoms with Gasteiger partial charge in [-0.1, -0.05) is 6.07 Å². The lowest BCUT2D eigenvalue weighted by Gasteiger charge is -2.16. The van der Waals surface area contributed by atoms with Gasteiger partial charge in [-0.25, -0.2) is 0 Å². The predicted octanol–water partition coefficient (Wildman–Crippen LogP) is 6.37. The molecule has 0 aliphatic heterocycles. The van der Waals surface area contributed by atoms with E-state index in [1.54, 1.807) is 17.5 Å². The van der Waals surface area contributed by atoms with Crippen LogP contribution in [-0.2, 0) is 0 Å². The lowest BCUT2D eigenvalue weighted by Crippen LogP contribution is -2.00. The van der Waals surface area contributed by atoms with Crippen LogP contribution in [0.1, 0.15) is 11.1 Å². The van der Waals surface area contributed by atoms with Crippen LogP contribution in [0, 0.1) is 18.3 Å². The molecule has 0 fully saturated rings. The first-order valence-corrected chi connectivity index (χ1v) is 9.82. The minimum atomic E-state index is 0.525. The van der Waals surface area contributed by atoms with Crippen molar-refractivity contribution in [2.75, 3.05) is 5.32 Å². The minimum absolute atomic E-state index is 0.525. The number of benzene rings is 2. The summed E-state index contributed by atoms with van der Waals surface area (Å²) in [5.41, 5.74) is 6.48. The fourth-order valence-electron chi connectivity index (χ4n) is 3.59. The number of nitrogens with one attached hydrogen (secondary N) is 2. The van der Waals surface area contributed by atoms with Crippen LogP contribution < -0.4 is 5.32 Å². The Bertz CT molecular complexity index is 1370. The summed E-state index contributed by atoms with van der Waals surface area (Å²) in [6.07, 6.45) is 5.37. The van der Waals surface area contributed by atoms with E-state index < -0.39 is 0 Å². The summed E-state index contributed by atoms with van der Waals surface area (Å²) < 4.78 is 1.25. The molecule has 0 unspecified atom stereocenters. The Hall–Kier alpha value is -3.62. The van der Waals surface area contributed by atoms with Crippen molar-refractivity contribution in [3.8, 4) is 17.2 Å². The van der Waals surface area contributed by atoms with Crippen molar-refractivity contribution >= 4 is 43.7 Å². The number of aryl methyl sites for hydroxylation is 1. The molecule has 0 radical (unpaired) electrons. The molecule has 3 aromatic heterocycles. The summed E-state index contributed by atoms with van der Waals surface area (Å²) in [6, 6.07) is 16.9. The van der Waals surface area contributed by atoms with Gasteiger partial charge >= 0.3 is 0 Å². The van der Waals surface area contributed by atoms with Crippen molar-refractivity contribution in [2.24, 2.45) is 0 Å². The normalized spacial score (nSPS) is 11.0. The van der Waals surface area contributed by atoms with Gasteiger partial charge in [-0.15, -0.1) is 11.3 Å². The largest absolute Gasteiger partial charge is 0.361 e. The van der Waals surface area contributed by atoms with Crippen LogP contribution in [-0.4, -0.2) is 9.97 Å². The third-order valence-corrected chi connectivity index (χ3v) is 5.99. The molecule has 2 aromatic carbocycles. The van der Waals surface area contributed by atoms with Crippen molar-refractivity contribution < 1.29 is 0 Å². The van der Waals surface area contributed by atoms with Crippen LogP contribution in [0.5, 0.6) is 0 Å². The van der Waals surface area contributed by atoms with Crippen LogP contribution in [0.2, 0.25) is 0 Å². The number of aromatic nitrogens is 2. The zero-order valence-electron chi connectivity index (χ0n) is 15.2. The highest BCUT2D eigenvalue weighted by atomic mass is 32.1. The monoisotopic (exact) mass is 380 g/mol. The van der Waals surface area contributed by atoms with Gasteiger partial charge in [-0.2, -0.15) is 5.26 Å². The van der Waals surface area contributed by atoms with Gasteiger partial charge < -0.3 is 10.3 Å². The van der Waals surface area contributed by atoms with Gasteiger partial charge in [0.15, 0.2) is 0 Å². The second kappa shape index (κ2) is 6.52. The molecule has 0 saturated heterocycles. The van der Waals surface area contributed by atoms with Gasteiger partial charge in [0.1, 0.15) is 6.07 Å². The molecule has 0 aliphatic carbocycles. The number of thiophene rings is 1. The van der Waals surface area contributed by atoms with E-state index in [9.17, 15) is 5.26 Å². The first kappa shape index (κ1) is 16.5. The van der Waals surface area contributed by atoms with Gasteiger partial charge in [0.05, 0.1) is 11.3 Å². The summed E-state index contributed by atoms with van der Waals surface area (Å²) in [5, 5.41) is 17.6. The van der Waals surface area contributed by atoms with Crippen LogP contribution in [0.3, 0.4) is 0 Å². The van der Waals surface area contributed by atoms with E-state index in [1.165, 1.54) is 15.5 Å². The molecule has 4 nitrogen and oxygen atoms in total. The molecule has 0 spiro atoms. The Kier molecular flexibility index (Phi) is 3.85. The fraction of sp³-hybridized carbons (Fsp3) is 0.0435. The van der Waals surface area contributed by atoms with E-state index in [1.807, 2.05) is 18.5 Å². The second-order valence-corrected chi connectivity index (χ2v) is 7.64. The third-order valence-electron chi connectivity index (χ3n) is 5.09. The number of pyridine rings is 1. The molecule has 0 amide bonds. The highest BCUT2D eigenvalue weighted by Crippen LogP contribution is 2.36. The van der Waals surface area contributed by atoms with Gasteiger partial charge in [0.25, 0.3) is 0 Å². The summed E-state index contributed by atoms with van der Waals surface area (Å²) in [6.45, 7) is 2.09. The lowest BCUT2D eigenvalue weighted by molar-refractivity contribution is 1.29. The number of anilines is 2. The SMILES string of the molecule is Cc1c(Nc2c(C#N)cncc2-c2ccc3sccc3c2)ccc2[nH]ccc12. The molecule has 134 valence electrons. The smallest absolute Gasteiger partial charge is 0.103 e. The molecule has 0 bridgehead atoms. The first-order chi connectivity index (χ1) is 13.7. The number of rotatable bonds is 3. The first-order valence-electron chi connectivity index (χ1n) is 8.94. The number of aromatic amines is 1. The Morgan fingerprint density at radius 1 is 1.11 bits per heavy atom. The zero-order valence-corrected chi connectivity index (χ0v) is 16.0. The van der Waals surface area contributed by atoms with Crippen molar-refractivity contribution in [3.63, 3.8) is 0 Å². The molecule has 28 heavy (non-hydrogen) atoms. The maximum Gasteiger partial charge on any atom is 0.103 e. The van der Waals surface area contributed by atoms with Gasteiger partial charge in [-0.05, 0) is 65.2 Å². The topological polar surface area (TPSA) is 64.5 Å². The number of nitrogens with zero attached hydrogens (tertiary/aromatic N) is 2. The number of hydrogen-bond acceptors (Lipinski definition) is 4. The summed E-state index contributed by atoms with van der Waals surface area (Å²) in [7, 11) is 0. The number of H-pyrrole nitrogens is 1. The van der Waals surface area contributed by atoms with Crippen molar-refractivity contribution in [1.82, 2.24) is 9.97 Å². The van der Waals surface area contributed by atoms with E-state index in [4.69, 9.17) is 0 Å². The molecule has 3 heterocycles. The lowest BCUT2D eigenvalue weighted by atomic mass is 10.0. The van der Waals surface area contributed by atoms with Crippen LogP contribution in [0.25, 0.3) is 32.1 Å². The number of nitriles is 1. The number of hydrogen-bond donors (Lipinski definition) is 2. The van der Waals surface area contributed by atoms with E-state index in [2.05, 4.69) is 70.1 Å². The van der Waals surface area contributed by atoms with E-state index >= 15 is 0 Å². The number of fused-ring (bicyclic) bond motifs is 2. The molecular formula is C23H16N4S.